The van der Waals surface area contributed by atoms with Crippen LogP contribution in [0.2, 0.25) is 0 Å². The van der Waals surface area contributed by atoms with Crippen molar-refractivity contribution in [3.8, 4) is 5.75 Å². The summed E-state index contributed by atoms with van der Waals surface area (Å²) in [4.78, 5) is 11.3. The molecule has 0 heterocycles. The van der Waals surface area contributed by atoms with Gasteiger partial charge in [-0.05, 0) is 34.5 Å². The Bertz CT molecular complexity index is 796. The van der Waals surface area contributed by atoms with E-state index in [0.717, 1.165) is 10.9 Å². The molecule has 0 unspecified atom stereocenters. The molecule has 0 saturated carbocycles. The Morgan fingerprint density at radius 1 is 1.00 bits per heavy atom. The number of carbonyl (C=O) groups excluding carboxylic acids is 1. The lowest BCUT2D eigenvalue weighted by Crippen LogP contribution is -2.46. The Labute approximate surface area is 143 Å². The van der Waals surface area contributed by atoms with Crippen LogP contribution in [-0.4, -0.2) is 31.0 Å². The van der Waals surface area contributed by atoms with Gasteiger partial charge >= 0.3 is 18.3 Å². The second-order valence-electron chi connectivity index (χ2n) is 5.21. The first kappa shape index (κ1) is 19.6. The molecule has 0 amide bonds. The van der Waals surface area contributed by atoms with Gasteiger partial charge in [0.1, 0.15) is 5.75 Å². The second kappa shape index (κ2) is 7.27. The fraction of sp³-hybridized carbons (Fsp3) is 0.235. The molecule has 0 atom stereocenters. The molecule has 0 aromatic heterocycles. The van der Waals surface area contributed by atoms with Crippen LogP contribution in [0, 0.1) is 0 Å². The normalized spacial score (nSPS) is 12.3. The number of hydrogen-bond acceptors (Lipinski definition) is 3. The van der Waals surface area contributed by atoms with Crippen LogP contribution in [0.3, 0.4) is 0 Å². The van der Waals surface area contributed by atoms with Gasteiger partial charge < -0.3 is 9.47 Å². The van der Waals surface area contributed by atoms with Gasteiger partial charge in [-0.15, -0.1) is 0 Å². The lowest BCUT2D eigenvalue weighted by molar-refractivity contribution is -0.313. The van der Waals surface area contributed by atoms with E-state index in [1.165, 1.54) is 12.1 Å². The molecule has 0 N–H and O–H groups in total. The minimum absolute atomic E-state index is 0.0939. The Morgan fingerprint density at radius 3 is 2.15 bits per heavy atom. The molecule has 26 heavy (non-hydrogen) atoms. The van der Waals surface area contributed by atoms with Crippen molar-refractivity contribution in [2.45, 2.75) is 18.5 Å². The summed E-state index contributed by atoms with van der Waals surface area (Å²) < 4.78 is 82.4. The summed E-state index contributed by atoms with van der Waals surface area (Å²) >= 11 is 0. The van der Waals surface area contributed by atoms with Crippen LogP contribution in [0.15, 0.2) is 43.0 Å². The van der Waals surface area contributed by atoms with Crippen molar-refractivity contribution in [2.75, 3.05) is 6.61 Å². The van der Waals surface area contributed by atoms with E-state index in [2.05, 4.69) is 11.3 Å². The van der Waals surface area contributed by atoms with Crippen LogP contribution in [0.5, 0.6) is 5.75 Å². The zero-order valence-electron chi connectivity index (χ0n) is 13.0. The highest BCUT2D eigenvalue weighted by atomic mass is 19.4. The van der Waals surface area contributed by atoms with E-state index in [-0.39, 0.29) is 5.75 Å². The molecule has 0 spiro atoms. The number of esters is 1. The number of fused-ring (bicyclic) bond motifs is 1. The topological polar surface area (TPSA) is 35.5 Å². The predicted molar refractivity (Wildman–Crippen MR) is 81.5 cm³/mol. The fourth-order valence-electron chi connectivity index (χ4n) is 2.09. The number of ether oxygens (including phenoxy) is 2. The number of alkyl halides is 6. The zero-order chi connectivity index (χ0) is 19.5. The first-order valence-electron chi connectivity index (χ1n) is 7.12. The minimum Gasteiger partial charge on any atom is -0.482 e. The lowest BCUT2D eigenvalue weighted by Gasteiger charge is -2.22. The van der Waals surface area contributed by atoms with E-state index in [1.807, 2.05) is 6.07 Å². The largest absolute Gasteiger partial charge is 0.482 e. The number of halogens is 6. The van der Waals surface area contributed by atoms with Gasteiger partial charge in [-0.3, -0.25) is 0 Å². The summed E-state index contributed by atoms with van der Waals surface area (Å²) in [6.45, 7) is 2.53. The maximum atomic E-state index is 12.3. The first-order valence-corrected chi connectivity index (χ1v) is 7.12. The SMILES string of the molecule is C=Cc1ccc2cc(OCC(=O)OC(C(F)(F)F)C(F)(F)F)ccc2c1. The van der Waals surface area contributed by atoms with Crippen LogP contribution < -0.4 is 4.74 Å². The van der Waals surface area contributed by atoms with Gasteiger partial charge in [-0.2, -0.15) is 26.3 Å². The zero-order valence-corrected chi connectivity index (χ0v) is 13.0. The van der Waals surface area contributed by atoms with Crippen LogP contribution >= 0.6 is 0 Å². The molecule has 0 aliphatic heterocycles. The molecule has 2 aromatic rings. The van der Waals surface area contributed by atoms with Gasteiger partial charge in [0, 0.05) is 0 Å². The van der Waals surface area contributed by atoms with Gasteiger partial charge in [-0.25, -0.2) is 4.79 Å². The van der Waals surface area contributed by atoms with Crippen LogP contribution in [-0.2, 0) is 9.53 Å². The van der Waals surface area contributed by atoms with Gasteiger partial charge in [0.2, 0.25) is 0 Å². The van der Waals surface area contributed by atoms with Crippen molar-refractivity contribution in [1.29, 1.82) is 0 Å². The molecule has 0 aliphatic carbocycles. The van der Waals surface area contributed by atoms with Crippen molar-refractivity contribution in [2.24, 2.45) is 0 Å². The van der Waals surface area contributed by atoms with E-state index >= 15 is 0 Å². The number of carbonyl (C=O) groups is 1. The summed E-state index contributed by atoms with van der Waals surface area (Å²) in [6, 6.07) is 9.83. The van der Waals surface area contributed by atoms with E-state index in [1.54, 1.807) is 24.3 Å². The third-order valence-corrected chi connectivity index (χ3v) is 3.27. The quantitative estimate of drug-likeness (QED) is 0.549. The highest BCUT2D eigenvalue weighted by molar-refractivity contribution is 5.86. The molecule has 140 valence electrons. The molecule has 9 heteroatoms. The minimum atomic E-state index is -5.76. The van der Waals surface area contributed by atoms with Crippen LogP contribution in [0.25, 0.3) is 16.8 Å². The maximum Gasteiger partial charge on any atom is 0.434 e. The molecule has 0 fully saturated rings. The van der Waals surface area contributed by atoms with Crippen LogP contribution in [0.4, 0.5) is 26.3 Å². The van der Waals surface area contributed by atoms with Crippen molar-refractivity contribution >= 4 is 22.8 Å². The lowest BCUT2D eigenvalue weighted by atomic mass is 10.1. The molecule has 0 bridgehead atoms. The molecule has 0 radical (unpaired) electrons. The Balaban J connectivity index is 2.04. The van der Waals surface area contributed by atoms with Crippen LogP contribution in [0.1, 0.15) is 5.56 Å². The fourth-order valence-corrected chi connectivity index (χ4v) is 2.09. The summed E-state index contributed by atoms with van der Waals surface area (Å²) in [5, 5.41) is 1.51. The van der Waals surface area contributed by atoms with Crippen molar-refractivity contribution in [3.63, 3.8) is 0 Å². The first-order chi connectivity index (χ1) is 12.0. The summed E-state index contributed by atoms with van der Waals surface area (Å²) in [7, 11) is 0. The molecule has 3 nitrogen and oxygen atoms in total. The van der Waals surface area contributed by atoms with Gasteiger partial charge in [-0.1, -0.05) is 30.9 Å². The third-order valence-electron chi connectivity index (χ3n) is 3.27. The highest BCUT2D eigenvalue weighted by Gasteiger charge is 2.59. The summed E-state index contributed by atoms with van der Waals surface area (Å²) in [5.74, 6) is -1.69. The number of hydrogen-bond donors (Lipinski definition) is 0. The molecule has 0 saturated heterocycles. The number of rotatable bonds is 5. The summed E-state index contributed by atoms with van der Waals surface area (Å²) in [5.41, 5.74) is 0.861. The summed E-state index contributed by atoms with van der Waals surface area (Å²) in [6.07, 6.45) is -14.1. The Morgan fingerprint density at radius 2 is 1.58 bits per heavy atom. The monoisotopic (exact) mass is 378 g/mol. The van der Waals surface area contributed by atoms with Gasteiger partial charge in [0.05, 0.1) is 0 Å². The highest BCUT2D eigenvalue weighted by Crippen LogP contribution is 2.35. The predicted octanol–water partition coefficient (Wildman–Crippen LogP) is 4.90. The van der Waals surface area contributed by atoms with E-state index in [9.17, 15) is 31.1 Å². The van der Waals surface area contributed by atoms with E-state index in [0.29, 0.717) is 5.39 Å². The van der Waals surface area contributed by atoms with E-state index < -0.39 is 31.0 Å². The Hall–Kier alpha value is -2.71. The second-order valence-corrected chi connectivity index (χ2v) is 5.21. The standard InChI is InChI=1S/C17H12F6O3/c1-2-10-3-4-12-8-13(6-5-11(12)7-10)25-9-14(24)26-15(16(18,19)20)17(21,22)23/h2-8,15H,1,9H2. The third kappa shape index (κ3) is 4.90. The molecular formula is C17H12F6O3. The molecule has 2 aromatic carbocycles. The average Bonchev–Trinajstić information content (AvgIpc) is 2.55. The van der Waals surface area contributed by atoms with Gasteiger partial charge in [0.25, 0.3) is 6.10 Å². The van der Waals surface area contributed by atoms with E-state index in [4.69, 9.17) is 4.74 Å². The van der Waals surface area contributed by atoms with Crippen molar-refractivity contribution < 1.29 is 40.6 Å². The molecule has 0 aliphatic rings. The maximum absolute atomic E-state index is 12.3. The molecule has 2 rings (SSSR count). The van der Waals surface area contributed by atoms with Crippen molar-refractivity contribution in [3.05, 3.63) is 48.5 Å². The van der Waals surface area contributed by atoms with Crippen molar-refractivity contribution in [1.82, 2.24) is 0 Å². The Kier molecular flexibility index (Phi) is 5.48. The van der Waals surface area contributed by atoms with Gasteiger partial charge in [0.15, 0.2) is 6.61 Å². The smallest absolute Gasteiger partial charge is 0.434 e. The average molecular weight is 378 g/mol. The number of benzene rings is 2. The molecular weight excluding hydrogens is 366 g/mol.